The van der Waals surface area contributed by atoms with Crippen molar-refractivity contribution in [1.82, 2.24) is 0 Å². The summed E-state index contributed by atoms with van der Waals surface area (Å²) in [5, 5.41) is 10.8. The molecule has 0 saturated heterocycles. The number of aromatic hydroxyl groups is 1. The fraction of sp³-hybridized carbons (Fsp3) is 0.600. The fourth-order valence-corrected chi connectivity index (χ4v) is 3.34. The highest BCUT2D eigenvalue weighted by Crippen LogP contribution is 2.46. The summed E-state index contributed by atoms with van der Waals surface area (Å²) in [6, 6.07) is 6.24. The van der Waals surface area contributed by atoms with Crippen LogP contribution in [0.15, 0.2) is 18.2 Å². The lowest BCUT2D eigenvalue weighted by molar-refractivity contribution is 0.452. The number of benzene rings is 1. The highest BCUT2D eigenvalue weighted by atomic mass is 32.2. The Morgan fingerprint density at radius 1 is 1.29 bits per heavy atom. The molecule has 1 aromatic carbocycles. The van der Waals surface area contributed by atoms with Crippen LogP contribution in [-0.2, 0) is 0 Å². The van der Waals surface area contributed by atoms with Gasteiger partial charge in [-0.05, 0) is 42.9 Å². The van der Waals surface area contributed by atoms with Crippen LogP contribution in [0.3, 0.4) is 0 Å². The summed E-state index contributed by atoms with van der Waals surface area (Å²) in [6.45, 7) is 6.58. The number of phenols is 1. The maximum absolute atomic E-state index is 10.4. The van der Waals surface area contributed by atoms with Crippen molar-refractivity contribution in [2.24, 2.45) is 5.92 Å². The molecule has 1 nitrogen and oxygen atoms in total. The van der Waals surface area contributed by atoms with E-state index in [1.54, 1.807) is 0 Å². The van der Waals surface area contributed by atoms with E-state index < -0.39 is 0 Å². The number of phenolic OH excluding ortho intramolecular Hbond substituents is 1. The molecule has 0 spiro atoms. The fourth-order valence-electron chi connectivity index (χ4n) is 2.47. The molecule has 0 radical (unpaired) electrons. The molecule has 2 heteroatoms. The van der Waals surface area contributed by atoms with Crippen LogP contribution < -0.4 is 0 Å². The van der Waals surface area contributed by atoms with E-state index in [0.29, 0.717) is 16.9 Å². The largest absolute Gasteiger partial charge is 0.507 e. The molecular formula is C15H22OS. The molecule has 0 aromatic heterocycles. The number of thioether (sulfide) groups is 1. The van der Waals surface area contributed by atoms with E-state index in [1.807, 2.05) is 11.8 Å². The van der Waals surface area contributed by atoms with E-state index in [-0.39, 0.29) is 0 Å². The van der Waals surface area contributed by atoms with Gasteiger partial charge in [0.1, 0.15) is 5.75 Å². The molecular weight excluding hydrogens is 228 g/mol. The molecule has 1 aromatic rings. The van der Waals surface area contributed by atoms with E-state index in [9.17, 15) is 5.11 Å². The van der Waals surface area contributed by atoms with Gasteiger partial charge >= 0.3 is 0 Å². The van der Waals surface area contributed by atoms with Crippen LogP contribution in [0.5, 0.6) is 5.75 Å². The molecule has 0 bridgehead atoms. The summed E-state index contributed by atoms with van der Waals surface area (Å²) in [4.78, 5) is 0. The van der Waals surface area contributed by atoms with Gasteiger partial charge in [-0.25, -0.2) is 0 Å². The van der Waals surface area contributed by atoms with Gasteiger partial charge in [0, 0.05) is 10.8 Å². The first-order chi connectivity index (χ1) is 8.15. The van der Waals surface area contributed by atoms with Gasteiger partial charge in [-0.1, -0.05) is 32.0 Å². The first-order valence-corrected chi connectivity index (χ1v) is 7.63. The lowest BCUT2D eigenvalue weighted by Crippen LogP contribution is -1.99. The Hall–Kier alpha value is -0.630. The first-order valence-electron chi connectivity index (χ1n) is 6.58. The standard InChI is InChI=1S/C15H22OS/c1-4-17-11(3)14-7-5-6-13(15(14)16)10(2)12-8-9-12/h5-7,10-12,16H,4,8-9H2,1-3H3. The highest BCUT2D eigenvalue weighted by Gasteiger charge is 2.31. The Morgan fingerprint density at radius 2 is 1.94 bits per heavy atom. The molecule has 2 atom stereocenters. The first kappa shape index (κ1) is 12.8. The molecule has 0 amide bonds. The van der Waals surface area contributed by atoms with Crippen molar-refractivity contribution < 1.29 is 5.11 Å². The Bertz CT molecular complexity index is 385. The van der Waals surface area contributed by atoms with Gasteiger partial charge in [0.15, 0.2) is 0 Å². The lowest BCUT2D eigenvalue weighted by atomic mass is 9.93. The van der Waals surface area contributed by atoms with Crippen molar-refractivity contribution >= 4 is 11.8 Å². The summed E-state index contributed by atoms with van der Waals surface area (Å²) >= 11 is 1.88. The van der Waals surface area contributed by atoms with Gasteiger partial charge in [-0.15, -0.1) is 0 Å². The topological polar surface area (TPSA) is 20.2 Å². The Kier molecular flexibility index (Phi) is 4.03. The zero-order valence-electron chi connectivity index (χ0n) is 10.9. The third-order valence-electron chi connectivity index (χ3n) is 3.77. The van der Waals surface area contributed by atoms with Crippen molar-refractivity contribution in [2.75, 3.05) is 5.75 Å². The normalized spacial score (nSPS) is 19.0. The minimum Gasteiger partial charge on any atom is -0.507 e. The van der Waals surface area contributed by atoms with Crippen molar-refractivity contribution in [1.29, 1.82) is 0 Å². The minimum absolute atomic E-state index is 0.381. The minimum atomic E-state index is 0.381. The van der Waals surface area contributed by atoms with Crippen LogP contribution in [-0.4, -0.2) is 10.9 Å². The molecule has 2 unspecified atom stereocenters. The monoisotopic (exact) mass is 250 g/mol. The van der Waals surface area contributed by atoms with Gasteiger partial charge in [-0.3, -0.25) is 0 Å². The van der Waals surface area contributed by atoms with Crippen LogP contribution in [0.25, 0.3) is 0 Å². The maximum Gasteiger partial charge on any atom is 0.123 e. The summed E-state index contributed by atoms with van der Waals surface area (Å²) in [5.74, 6) is 2.93. The molecule has 0 heterocycles. The second-order valence-electron chi connectivity index (χ2n) is 5.01. The van der Waals surface area contributed by atoms with Crippen molar-refractivity contribution in [3.8, 4) is 5.75 Å². The molecule has 1 N–H and O–H groups in total. The van der Waals surface area contributed by atoms with Gasteiger partial charge < -0.3 is 5.11 Å². The van der Waals surface area contributed by atoms with Crippen LogP contribution in [0.2, 0.25) is 0 Å². The molecule has 0 aliphatic heterocycles. The third kappa shape index (κ3) is 2.79. The van der Waals surface area contributed by atoms with Crippen LogP contribution in [0.4, 0.5) is 0 Å². The SMILES string of the molecule is CCSC(C)c1cccc(C(C)C2CC2)c1O. The van der Waals surface area contributed by atoms with E-state index in [4.69, 9.17) is 0 Å². The van der Waals surface area contributed by atoms with Crippen LogP contribution >= 0.6 is 11.8 Å². The van der Waals surface area contributed by atoms with E-state index in [1.165, 1.54) is 12.8 Å². The van der Waals surface area contributed by atoms with Crippen LogP contribution in [0.1, 0.15) is 55.9 Å². The Morgan fingerprint density at radius 3 is 2.53 bits per heavy atom. The third-order valence-corrected chi connectivity index (χ3v) is 4.86. The van der Waals surface area contributed by atoms with Crippen molar-refractivity contribution in [3.63, 3.8) is 0 Å². The Balaban J connectivity index is 2.25. The molecule has 1 fully saturated rings. The number of para-hydroxylation sites is 1. The summed E-state index contributed by atoms with van der Waals surface area (Å²) in [5.41, 5.74) is 2.25. The predicted molar refractivity (Wildman–Crippen MR) is 75.8 cm³/mol. The average Bonchev–Trinajstić information content (AvgIpc) is 3.12. The summed E-state index contributed by atoms with van der Waals surface area (Å²) in [7, 11) is 0. The van der Waals surface area contributed by atoms with Gasteiger partial charge in [0.2, 0.25) is 0 Å². The second-order valence-corrected chi connectivity index (χ2v) is 6.63. The van der Waals surface area contributed by atoms with Gasteiger partial charge in [0.25, 0.3) is 0 Å². The van der Waals surface area contributed by atoms with Gasteiger partial charge in [0.05, 0.1) is 0 Å². The lowest BCUT2D eigenvalue weighted by Gasteiger charge is -2.18. The zero-order valence-corrected chi connectivity index (χ0v) is 11.8. The predicted octanol–water partition coefficient (Wildman–Crippen LogP) is 4.72. The van der Waals surface area contributed by atoms with Crippen LogP contribution in [0, 0.1) is 5.92 Å². The molecule has 1 saturated carbocycles. The summed E-state index contributed by atoms with van der Waals surface area (Å²) in [6.07, 6.45) is 2.65. The summed E-state index contributed by atoms with van der Waals surface area (Å²) < 4.78 is 0. The number of hydrogen-bond donors (Lipinski definition) is 1. The molecule has 94 valence electrons. The van der Waals surface area contributed by atoms with E-state index in [2.05, 4.69) is 39.0 Å². The highest BCUT2D eigenvalue weighted by molar-refractivity contribution is 7.99. The van der Waals surface area contributed by atoms with Crippen molar-refractivity contribution in [3.05, 3.63) is 29.3 Å². The molecule has 1 aliphatic rings. The van der Waals surface area contributed by atoms with Gasteiger partial charge in [-0.2, -0.15) is 11.8 Å². The van der Waals surface area contributed by atoms with E-state index in [0.717, 1.165) is 22.8 Å². The van der Waals surface area contributed by atoms with E-state index >= 15 is 0 Å². The van der Waals surface area contributed by atoms with Crippen molar-refractivity contribution in [2.45, 2.75) is 44.8 Å². The second kappa shape index (κ2) is 5.34. The Labute approximate surface area is 109 Å². The molecule has 1 aliphatic carbocycles. The zero-order chi connectivity index (χ0) is 12.4. The smallest absolute Gasteiger partial charge is 0.123 e. The number of hydrogen-bond acceptors (Lipinski definition) is 2. The molecule has 17 heavy (non-hydrogen) atoms. The quantitative estimate of drug-likeness (QED) is 0.816. The maximum atomic E-state index is 10.4. The average molecular weight is 250 g/mol. The number of rotatable bonds is 5. The molecule has 2 rings (SSSR count).